The summed E-state index contributed by atoms with van der Waals surface area (Å²) in [5, 5.41) is 5.89. The first-order valence-corrected chi connectivity index (χ1v) is 16.2. The number of fused-ring (bicyclic) bond motifs is 1. The van der Waals surface area contributed by atoms with Crippen molar-refractivity contribution in [3.63, 3.8) is 0 Å². The number of piperidine rings is 1. The van der Waals surface area contributed by atoms with Gasteiger partial charge in [0.15, 0.2) is 21.9 Å². The third kappa shape index (κ3) is 6.51. The van der Waals surface area contributed by atoms with Crippen molar-refractivity contribution >= 4 is 34.1 Å². The zero-order chi connectivity index (χ0) is 26.6. The van der Waals surface area contributed by atoms with Gasteiger partial charge in [0.05, 0.1) is 6.33 Å². The quantitative estimate of drug-likeness (QED) is 0.323. The van der Waals surface area contributed by atoms with E-state index < -0.39 is 11.2 Å². The number of nitrogens with one attached hydrogen (secondary N) is 2. The van der Waals surface area contributed by atoms with Gasteiger partial charge in [0.2, 0.25) is 5.95 Å². The Hall–Kier alpha value is -2.40. The molecule has 1 saturated heterocycles. The van der Waals surface area contributed by atoms with Crippen molar-refractivity contribution in [3.05, 3.63) is 36.7 Å². The van der Waals surface area contributed by atoms with Crippen molar-refractivity contribution in [3.8, 4) is 0 Å². The Labute approximate surface area is 234 Å². The van der Waals surface area contributed by atoms with Gasteiger partial charge in [-0.15, -0.1) is 0 Å². The van der Waals surface area contributed by atoms with Crippen LogP contribution < -0.4 is 16.5 Å². The van der Waals surface area contributed by atoms with Crippen LogP contribution in [0.1, 0.15) is 76.7 Å². The lowest BCUT2D eigenvalue weighted by molar-refractivity contribution is 0.213. The van der Waals surface area contributed by atoms with Crippen LogP contribution in [-0.2, 0) is 11.2 Å². The average Bonchev–Trinajstić information content (AvgIpc) is 3.65. The molecule has 0 radical (unpaired) electrons. The third-order valence-electron chi connectivity index (χ3n) is 8.84. The second-order valence-electron chi connectivity index (χ2n) is 11.6. The lowest BCUT2D eigenvalue weighted by atomic mass is 9.92. The molecule has 1 atom stereocenters. The highest BCUT2D eigenvalue weighted by atomic mass is 32.2. The highest BCUT2D eigenvalue weighted by molar-refractivity contribution is 7.91. The molecule has 10 heteroatoms. The Morgan fingerprint density at radius 1 is 0.949 bits per heavy atom. The highest BCUT2D eigenvalue weighted by Gasteiger charge is 2.26. The summed E-state index contributed by atoms with van der Waals surface area (Å²) in [7, 11) is 0. The van der Waals surface area contributed by atoms with E-state index in [0.717, 1.165) is 85.7 Å². The van der Waals surface area contributed by atoms with Crippen LogP contribution in [0.5, 0.6) is 0 Å². The summed E-state index contributed by atoms with van der Waals surface area (Å²) < 4.78 is 14.9. The molecule has 6 rings (SSSR count). The van der Waals surface area contributed by atoms with Gasteiger partial charge in [-0.05, 0) is 87.0 Å². The molecule has 4 N–H and O–H groups in total. The molecule has 3 heterocycles. The monoisotopic (exact) mass is 550 g/mol. The number of hydrazine groups is 1. The third-order valence-corrected chi connectivity index (χ3v) is 10.2. The number of nitrogens with two attached hydrogens (primary N) is 1. The second kappa shape index (κ2) is 12.4. The van der Waals surface area contributed by atoms with E-state index >= 15 is 0 Å². The number of nitrogens with zero attached hydrogens (tertiary/aromatic N) is 5. The molecule has 2 aromatic heterocycles. The number of imidazole rings is 1. The van der Waals surface area contributed by atoms with Gasteiger partial charge >= 0.3 is 0 Å². The minimum atomic E-state index is -0.919. The van der Waals surface area contributed by atoms with Crippen LogP contribution in [0.4, 0.5) is 11.8 Å². The van der Waals surface area contributed by atoms with E-state index in [1.807, 2.05) is 36.7 Å². The number of aromatic nitrogens is 4. The van der Waals surface area contributed by atoms with Gasteiger partial charge < -0.3 is 25.6 Å². The number of anilines is 2. The fraction of sp³-hybridized carbons (Fsp3) is 0.621. The number of rotatable bonds is 9. The maximum atomic E-state index is 12.7. The molecule has 1 aromatic carbocycles. The van der Waals surface area contributed by atoms with Crippen molar-refractivity contribution in [1.29, 1.82) is 0 Å². The zero-order valence-electron chi connectivity index (χ0n) is 22.8. The summed E-state index contributed by atoms with van der Waals surface area (Å²) in [4.78, 5) is 15.6. The fourth-order valence-corrected chi connectivity index (χ4v) is 7.65. The van der Waals surface area contributed by atoms with Gasteiger partial charge in [-0.1, -0.05) is 31.0 Å². The molecule has 1 aliphatic heterocycles. The van der Waals surface area contributed by atoms with Crippen molar-refractivity contribution in [1.82, 2.24) is 24.5 Å². The lowest BCUT2D eigenvalue weighted by Gasteiger charge is -2.32. The summed E-state index contributed by atoms with van der Waals surface area (Å²) in [6.45, 7) is 1.86. The van der Waals surface area contributed by atoms with Crippen LogP contribution in [0.15, 0.2) is 41.6 Å². The van der Waals surface area contributed by atoms with E-state index in [-0.39, 0.29) is 0 Å². The predicted octanol–water partition coefficient (Wildman–Crippen LogP) is 4.86. The fourth-order valence-electron chi connectivity index (χ4n) is 6.40. The minimum absolute atomic E-state index is 0.314. The van der Waals surface area contributed by atoms with Crippen molar-refractivity contribution in [2.75, 3.05) is 29.6 Å². The molecule has 210 valence electrons. The van der Waals surface area contributed by atoms with E-state index in [4.69, 9.17) is 20.7 Å². The van der Waals surface area contributed by atoms with Gasteiger partial charge in [-0.2, -0.15) is 9.97 Å². The number of hydrogen-bond donors (Lipinski definition) is 3. The number of hydrogen-bond acceptors (Lipinski definition) is 8. The van der Waals surface area contributed by atoms with E-state index in [1.54, 1.807) is 0 Å². The lowest BCUT2D eigenvalue weighted by Crippen LogP contribution is -2.38. The van der Waals surface area contributed by atoms with E-state index in [9.17, 15) is 4.55 Å². The molecule has 0 spiro atoms. The Bertz CT molecular complexity index is 1200. The smallest absolute Gasteiger partial charge is 0.227 e. The van der Waals surface area contributed by atoms with Crippen LogP contribution in [0, 0.1) is 5.92 Å². The molecule has 2 saturated carbocycles. The van der Waals surface area contributed by atoms with Crippen molar-refractivity contribution < 1.29 is 4.55 Å². The molecule has 1 unspecified atom stereocenters. The minimum Gasteiger partial charge on any atom is -0.611 e. The predicted molar refractivity (Wildman–Crippen MR) is 157 cm³/mol. The SMILES string of the molecule is N[C@H]1CC[C@H](Nc2nc(NN3CCC(CC[S+]([O-])c4ccccc4)CC3)c3ncn(C4CCCC4)c3n2)CC1. The molecule has 3 fully saturated rings. The molecule has 0 bridgehead atoms. The Morgan fingerprint density at radius 3 is 2.44 bits per heavy atom. The summed E-state index contributed by atoms with van der Waals surface area (Å²) in [6.07, 6.45) is 14.2. The maximum absolute atomic E-state index is 12.7. The average molecular weight is 551 g/mol. The van der Waals surface area contributed by atoms with Crippen LogP contribution in [0.3, 0.4) is 0 Å². The molecule has 39 heavy (non-hydrogen) atoms. The molecular formula is C29H42N8OS. The molecule has 3 aliphatic rings. The van der Waals surface area contributed by atoms with Gasteiger partial charge in [0.25, 0.3) is 0 Å². The van der Waals surface area contributed by atoms with Crippen molar-refractivity contribution in [2.45, 2.75) is 93.7 Å². The molecule has 3 aromatic rings. The summed E-state index contributed by atoms with van der Waals surface area (Å²) in [5.74, 6) is 2.80. The molecule has 0 amide bonds. The van der Waals surface area contributed by atoms with E-state index in [2.05, 4.69) is 20.3 Å². The van der Waals surface area contributed by atoms with Gasteiger partial charge in [-0.3, -0.25) is 0 Å². The zero-order valence-corrected chi connectivity index (χ0v) is 23.6. The first-order chi connectivity index (χ1) is 19.1. The second-order valence-corrected chi connectivity index (χ2v) is 13.2. The van der Waals surface area contributed by atoms with E-state index in [1.165, 1.54) is 25.7 Å². The van der Waals surface area contributed by atoms with Crippen LogP contribution in [0.2, 0.25) is 0 Å². The number of benzene rings is 1. The Kier molecular flexibility index (Phi) is 8.53. The van der Waals surface area contributed by atoms with Gasteiger partial charge in [0.1, 0.15) is 5.75 Å². The molecular weight excluding hydrogens is 508 g/mol. The normalized spacial score (nSPS) is 24.3. The van der Waals surface area contributed by atoms with Gasteiger partial charge in [-0.25, -0.2) is 9.99 Å². The highest BCUT2D eigenvalue weighted by Crippen LogP contribution is 2.34. The first-order valence-electron chi connectivity index (χ1n) is 14.8. The maximum Gasteiger partial charge on any atom is 0.227 e. The van der Waals surface area contributed by atoms with Crippen LogP contribution in [0.25, 0.3) is 11.2 Å². The molecule has 9 nitrogen and oxygen atoms in total. The van der Waals surface area contributed by atoms with E-state index in [0.29, 0.717) is 30.0 Å². The summed E-state index contributed by atoms with van der Waals surface area (Å²) in [5.41, 5.74) is 11.5. The molecule has 2 aliphatic carbocycles. The summed E-state index contributed by atoms with van der Waals surface area (Å²) >= 11 is -0.919. The van der Waals surface area contributed by atoms with Crippen LogP contribution >= 0.6 is 0 Å². The Morgan fingerprint density at radius 2 is 1.69 bits per heavy atom. The summed E-state index contributed by atoms with van der Waals surface area (Å²) in [6, 6.07) is 11.0. The first kappa shape index (κ1) is 26.8. The largest absolute Gasteiger partial charge is 0.611 e. The van der Waals surface area contributed by atoms with Crippen molar-refractivity contribution in [2.24, 2.45) is 11.7 Å². The topological polar surface area (TPSA) is 120 Å². The van der Waals surface area contributed by atoms with Crippen LogP contribution in [-0.4, -0.2) is 60.0 Å². The van der Waals surface area contributed by atoms with Gasteiger partial charge in [0, 0.05) is 31.2 Å². The standard InChI is InChI=1S/C29H42N8OS/c30-22-10-12-23(13-11-22)32-29-33-27(26-28(34-29)37(20-31-26)24-6-4-5-7-24)35-36-17-14-21(15-18-36)16-19-39(38)25-8-2-1-3-9-25/h1-3,8-9,20-24H,4-7,10-19,30H2,(H2,32,33,34,35)/t22-,23-,39?. The Balaban J connectivity index is 1.12.